The van der Waals surface area contributed by atoms with Crippen LogP contribution < -0.4 is 0 Å². The summed E-state index contributed by atoms with van der Waals surface area (Å²) >= 11 is 0. The van der Waals surface area contributed by atoms with E-state index in [-0.39, 0.29) is 6.67 Å². The van der Waals surface area contributed by atoms with E-state index in [2.05, 4.69) is 19.1 Å². The lowest BCUT2D eigenvalue weighted by atomic mass is 9.64. The highest BCUT2D eigenvalue weighted by Gasteiger charge is 2.35. The summed E-state index contributed by atoms with van der Waals surface area (Å²) in [4.78, 5) is 0. The van der Waals surface area contributed by atoms with Crippen molar-refractivity contribution in [1.82, 2.24) is 0 Å². The van der Waals surface area contributed by atoms with Gasteiger partial charge >= 0.3 is 0 Å². The van der Waals surface area contributed by atoms with Gasteiger partial charge in [-0.15, -0.1) is 0 Å². The summed E-state index contributed by atoms with van der Waals surface area (Å²) in [6.07, 6.45) is 25.4. The summed E-state index contributed by atoms with van der Waals surface area (Å²) in [5.41, 5.74) is 0. The topological polar surface area (TPSA) is 9.23 Å². The Bertz CT molecular complexity index is 451. The maximum absolute atomic E-state index is 12.1. The van der Waals surface area contributed by atoms with Crippen molar-refractivity contribution in [3.05, 3.63) is 12.2 Å². The number of ether oxygens (including phenoxy) is 1. The Morgan fingerprint density at radius 1 is 0.759 bits per heavy atom. The summed E-state index contributed by atoms with van der Waals surface area (Å²) < 4.78 is 17.7. The van der Waals surface area contributed by atoms with E-state index in [9.17, 15) is 4.39 Å². The van der Waals surface area contributed by atoms with Crippen LogP contribution in [0.4, 0.5) is 4.39 Å². The van der Waals surface area contributed by atoms with E-state index < -0.39 is 0 Å². The zero-order valence-corrected chi connectivity index (χ0v) is 19.3. The first-order valence-electron chi connectivity index (χ1n) is 12.9. The number of rotatable bonds is 9. The lowest BCUT2D eigenvalue weighted by Gasteiger charge is -2.41. The quantitative estimate of drug-likeness (QED) is 0.277. The van der Waals surface area contributed by atoms with Crippen molar-refractivity contribution < 1.29 is 9.13 Å². The fraction of sp³-hybridized carbons (Fsp3) is 0.926. The Balaban J connectivity index is 1.31. The van der Waals surface area contributed by atoms with Crippen molar-refractivity contribution in [3.63, 3.8) is 0 Å². The smallest absolute Gasteiger partial charge is 0.0897 e. The number of methoxy groups -OCH3 is 1. The van der Waals surface area contributed by atoms with Gasteiger partial charge in [-0.05, 0) is 139 Å². The van der Waals surface area contributed by atoms with Crippen molar-refractivity contribution in [1.29, 1.82) is 0 Å². The molecule has 3 aliphatic carbocycles. The van der Waals surface area contributed by atoms with Crippen LogP contribution in [0.15, 0.2) is 12.2 Å². The van der Waals surface area contributed by atoms with Crippen molar-refractivity contribution in [2.75, 3.05) is 13.8 Å². The summed E-state index contributed by atoms with van der Waals surface area (Å²) in [7, 11) is 1.87. The SMILES string of the molecule is COC(C)C1CCC(C2CCC(C3CCC(C/C=C/CCCF)CC3)CC2)CC1. The van der Waals surface area contributed by atoms with Gasteiger partial charge in [0, 0.05) is 7.11 Å². The van der Waals surface area contributed by atoms with E-state index in [4.69, 9.17) is 4.74 Å². The van der Waals surface area contributed by atoms with Crippen LogP contribution in [0.5, 0.6) is 0 Å². The average Bonchev–Trinajstić information content (AvgIpc) is 2.79. The molecule has 0 aromatic carbocycles. The fourth-order valence-corrected chi connectivity index (χ4v) is 6.86. The molecule has 0 spiro atoms. The Morgan fingerprint density at radius 3 is 1.72 bits per heavy atom. The van der Waals surface area contributed by atoms with Crippen LogP contribution in [0.3, 0.4) is 0 Å². The van der Waals surface area contributed by atoms with E-state index in [0.29, 0.717) is 12.5 Å². The van der Waals surface area contributed by atoms with Gasteiger partial charge in [0.15, 0.2) is 0 Å². The second kappa shape index (κ2) is 12.5. The van der Waals surface area contributed by atoms with E-state index in [0.717, 1.165) is 41.9 Å². The third-order valence-electron chi connectivity index (χ3n) is 9.03. The molecular formula is C27H47FO. The van der Waals surface area contributed by atoms with Crippen molar-refractivity contribution >= 4 is 0 Å². The monoisotopic (exact) mass is 406 g/mol. The second-order valence-electron chi connectivity index (χ2n) is 10.6. The molecule has 0 bridgehead atoms. The number of halogens is 1. The number of hydrogen-bond donors (Lipinski definition) is 0. The molecule has 0 N–H and O–H groups in total. The minimum Gasteiger partial charge on any atom is -0.381 e. The maximum Gasteiger partial charge on any atom is 0.0897 e. The molecular weight excluding hydrogens is 359 g/mol. The summed E-state index contributed by atoms with van der Waals surface area (Å²) in [5.74, 6) is 5.78. The molecule has 1 nitrogen and oxygen atoms in total. The average molecular weight is 407 g/mol. The normalized spacial score (nSPS) is 37.6. The number of unbranched alkanes of at least 4 members (excludes halogenated alkanes) is 1. The molecule has 0 aliphatic heterocycles. The van der Waals surface area contributed by atoms with Crippen LogP contribution in [0.1, 0.15) is 103 Å². The predicted octanol–water partition coefficient (Wildman–Crippen LogP) is 8.14. The highest BCUT2D eigenvalue weighted by atomic mass is 19.1. The highest BCUT2D eigenvalue weighted by Crippen LogP contribution is 2.46. The molecule has 29 heavy (non-hydrogen) atoms. The third-order valence-corrected chi connectivity index (χ3v) is 9.03. The Labute approximate surface area is 180 Å². The molecule has 1 atom stereocenters. The van der Waals surface area contributed by atoms with E-state index in [1.807, 2.05) is 7.11 Å². The third kappa shape index (κ3) is 7.08. The molecule has 0 heterocycles. The van der Waals surface area contributed by atoms with Crippen molar-refractivity contribution in [2.45, 2.75) is 109 Å². The maximum atomic E-state index is 12.1. The van der Waals surface area contributed by atoms with E-state index >= 15 is 0 Å². The van der Waals surface area contributed by atoms with E-state index in [1.54, 1.807) is 0 Å². The zero-order valence-electron chi connectivity index (χ0n) is 19.3. The molecule has 0 saturated heterocycles. The molecule has 3 saturated carbocycles. The molecule has 3 rings (SSSR count). The zero-order chi connectivity index (χ0) is 20.5. The Morgan fingerprint density at radius 2 is 1.24 bits per heavy atom. The highest BCUT2D eigenvalue weighted by molar-refractivity contribution is 4.89. The van der Waals surface area contributed by atoms with Gasteiger partial charge in [-0.3, -0.25) is 4.39 Å². The first-order valence-corrected chi connectivity index (χ1v) is 12.9. The Hall–Kier alpha value is -0.370. The molecule has 2 heteroatoms. The summed E-state index contributed by atoms with van der Waals surface area (Å²) in [5, 5.41) is 0. The molecule has 3 aliphatic rings. The first-order chi connectivity index (χ1) is 14.2. The van der Waals surface area contributed by atoms with Gasteiger partial charge in [0.2, 0.25) is 0 Å². The van der Waals surface area contributed by atoms with Crippen LogP contribution in [0.2, 0.25) is 0 Å². The van der Waals surface area contributed by atoms with Crippen LogP contribution in [-0.4, -0.2) is 19.9 Å². The van der Waals surface area contributed by atoms with Crippen LogP contribution >= 0.6 is 0 Å². The van der Waals surface area contributed by atoms with Gasteiger partial charge in [0.05, 0.1) is 12.8 Å². The van der Waals surface area contributed by atoms with Gasteiger partial charge < -0.3 is 4.74 Å². The van der Waals surface area contributed by atoms with Crippen molar-refractivity contribution in [3.8, 4) is 0 Å². The number of alkyl halides is 1. The van der Waals surface area contributed by atoms with Gasteiger partial charge in [0.25, 0.3) is 0 Å². The lowest BCUT2D eigenvalue weighted by molar-refractivity contribution is 0.0307. The predicted molar refractivity (Wildman–Crippen MR) is 122 cm³/mol. The minimum absolute atomic E-state index is 0.175. The lowest BCUT2D eigenvalue weighted by Crippen LogP contribution is -2.31. The molecule has 168 valence electrons. The largest absolute Gasteiger partial charge is 0.381 e. The van der Waals surface area contributed by atoms with Crippen LogP contribution in [0, 0.1) is 35.5 Å². The fourth-order valence-electron chi connectivity index (χ4n) is 6.86. The van der Waals surface area contributed by atoms with Crippen LogP contribution in [-0.2, 0) is 4.74 Å². The van der Waals surface area contributed by atoms with Crippen molar-refractivity contribution in [2.24, 2.45) is 35.5 Å². The number of allylic oxidation sites excluding steroid dienone is 2. The molecule has 0 amide bonds. The molecule has 0 aromatic rings. The van der Waals surface area contributed by atoms with Gasteiger partial charge in [-0.1, -0.05) is 12.2 Å². The van der Waals surface area contributed by atoms with Gasteiger partial charge in [-0.2, -0.15) is 0 Å². The molecule has 1 unspecified atom stereocenters. The van der Waals surface area contributed by atoms with Crippen LogP contribution in [0.25, 0.3) is 0 Å². The van der Waals surface area contributed by atoms with Gasteiger partial charge in [0.1, 0.15) is 0 Å². The second-order valence-corrected chi connectivity index (χ2v) is 10.6. The van der Waals surface area contributed by atoms with E-state index in [1.165, 1.54) is 83.5 Å². The minimum atomic E-state index is -0.175. The van der Waals surface area contributed by atoms with Gasteiger partial charge in [-0.25, -0.2) is 0 Å². The summed E-state index contributed by atoms with van der Waals surface area (Å²) in [6.45, 7) is 2.08. The molecule has 0 radical (unpaired) electrons. The number of hydrogen-bond acceptors (Lipinski definition) is 1. The molecule has 0 aromatic heterocycles. The summed E-state index contributed by atoms with van der Waals surface area (Å²) in [6, 6.07) is 0. The Kier molecular flexibility index (Phi) is 10.0. The standard InChI is InChI=1S/C27H47FO/c1-21(29-2)23-12-14-25(15-13-23)27-18-16-26(17-19-27)24-10-8-22(9-11-24)7-5-3-4-6-20-28/h3,5,21-27H,4,6-20H2,1-2H3/b5-3+. The first kappa shape index (κ1) is 23.3. The molecule has 3 fully saturated rings.